The second-order valence-corrected chi connectivity index (χ2v) is 5.48. The van der Waals surface area contributed by atoms with Crippen molar-refractivity contribution >= 4 is 5.91 Å². The Morgan fingerprint density at radius 3 is 2.70 bits per heavy atom. The predicted octanol–water partition coefficient (Wildman–Crippen LogP) is 3.19. The van der Waals surface area contributed by atoms with Gasteiger partial charge in [-0.25, -0.2) is 4.98 Å². The van der Waals surface area contributed by atoms with Gasteiger partial charge in [0.2, 0.25) is 0 Å². The van der Waals surface area contributed by atoms with Gasteiger partial charge in [0, 0.05) is 37.2 Å². The van der Waals surface area contributed by atoms with Crippen LogP contribution in [0.15, 0.2) is 73.3 Å². The summed E-state index contributed by atoms with van der Waals surface area (Å²) in [6.45, 7) is 0.693. The summed E-state index contributed by atoms with van der Waals surface area (Å²) in [5.74, 6) is 0.0305. The molecule has 4 nitrogen and oxygen atoms in total. The zero-order valence-corrected chi connectivity index (χ0v) is 13.1. The first-order valence-electron chi connectivity index (χ1n) is 7.62. The maximum atomic E-state index is 12.6. The van der Waals surface area contributed by atoms with Crippen LogP contribution in [-0.2, 0) is 6.42 Å². The maximum Gasteiger partial charge on any atom is 0.253 e. The smallest absolute Gasteiger partial charge is 0.253 e. The van der Waals surface area contributed by atoms with Gasteiger partial charge in [0.05, 0.1) is 6.33 Å². The normalized spacial score (nSPS) is 10.5. The third-order valence-corrected chi connectivity index (χ3v) is 3.82. The lowest BCUT2D eigenvalue weighted by atomic mass is 10.1. The number of likely N-dealkylation sites (N-methyl/N-ethyl adjacent to an activating group) is 1. The van der Waals surface area contributed by atoms with Crippen molar-refractivity contribution in [2.75, 3.05) is 13.6 Å². The highest BCUT2D eigenvalue weighted by Gasteiger charge is 2.12. The van der Waals surface area contributed by atoms with Crippen LogP contribution in [0.5, 0.6) is 0 Å². The summed E-state index contributed by atoms with van der Waals surface area (Å²) in [7, 11) is 1.84. The van der Waals surface area contributed by atoms with Crippen LogP contribution in [0, 0.1) is 0 Å². The summed E-state index contributed by atoms with van der Waals surface area (Å²) in [6.07, 6.45) is 6.16. The quantitative estimate of drug-likeness (QED) is 0.726. The van der Waals surface area contributed by atoms with Crippen molar-refractivity contribution in [1.29, 1.82) is 0 Å². The first-order valence-corrected chi connectivity index (χ1v) is 7.62. The molecule has 0 aliphatic heterocycles. The van der Waals surface area contributed by atoms with Gasteiger partial charge in [0.25, 0.3) is 5.91 Å². The zero-order valence-electron chi connectivity index (χ0n) is 13.1. The second-order valence-electron chi connectivity index (χ2n) is 5.48. The number of hydrogen-bond donors (Lipinski definition) is 0. The molecule has 0 bridgehead atoms. The van der Waals surface area contributed by atoms with Gasteiger partial charge in [0.15, 0.2) is 0 Å². The van der Waals surface area contributed by atoms with E-state index < -0.39 is 0 Å². The van der Waals surface area contributed by atoms with Crippen LogP contribution in [0.3, 0.4) is 0 Å². The highest BCUT2D eigenvalue weighted by molar-refractivity contribution is 5.94. The molecule has 4 heteroatoms. The van der Waals surface area contributed by atoms with E-state index >= 15 is 0 Å². The Labute approximate surface area is 136 Å². The van der Waals surface area contributed by atoms with E-state index in [1.165, 1.54) is 5.56 Å². The van der Waals surface area contributed by atoms with E-state index in [4.69, 9.17) is 0 Å². The van der Waals surface area contributed by atoms with Gasteiger partial charge in [-0.2, -0.15) is 0 Å². The third-order valence-electron chi connectivity index (χ3n) is 3.82. The highest BCUT2D eigenvalue weighted by atomic mass is 16.2. The molecule has 0 aliphatic carbocycles. The van der Waals surface area contributed by atoms with Crippen LogP contribution in [0.2, 0.25) is 0 Å². The Kier molecular flexibility index (Phi) is 4.52. The summed E-state index contributed by atoms with van der Waals surface area (Å²) in [4.78, 5) is 18.4. The molecular formula is C19H19N3O. The third kappa shape index (κ3) is 3.66. The van der Waals surface area contributed by atoms with Crippen LogP contribution in [0.1, 0.15) is 15.9 Å². The fourth-order valence-corrected chi connectivity index (χ4v) is 2.47. The van der Waals surface area contributed by atoms with E-state index in [-0.39, 0.29) is 5.91 Å². The molecule has 2 aromatic carbocycles. The topological polar surface area (TPSA) is 38.1 Å². The summed E-state index contributed by atoms with van der Waals surface area (Å²) < 4.78 is 1.89. The molecule has 116 valence electrons. The SMILES string of the molecule is CN(CCc1ccccc1)C(=O)c1cccc(-n2ccnc2)c1. The van der Waals surface area contributed by atoms with Gasteiger partial charge < -0.3 is 9.47 Å². The van der Waals surface area contributed by atoms with Crippen molar-refractivity contribution in [3.63, 3.8) is 0 Å². The lowest BCUT2D eigenvalue weighted by Gasteiger charge is -2.17. The van der Waals surface area contributed by atoms with Crippen molar-refractivity contribution in [2.24, 2.45) is 0 Å². The number of rotatable bonds is 5. The number of nitrogens with zero attached hydrogens (tertiary/aromatic N) is 3. The van der Waals surface area contributed by atoms with Gasteiger partial charge in [-0.15, -0.1) is 0 Å². The Morgan fingerprint density at radius 2 is 1.96 bits per heavy atom. The van der Waals surface area contributed by atoms with E-state index in [1.54, 1.807) is 17.4 Å². The number of carbonyl (C=O) groups excluding carboxylic acids is 1. The molecule has 0 spiro atoms. The lowest BCUT2D eigenvalue weighted by molar-refractivity contribution is 0.0796. The molecule has 1 amide bonds. The minimum Gasteiger partial charge on any atom is -0.341 e. The van der Waals surface area contributed by atoms with E-state index in [2.05, 4.69) is 17.1 Å². The van der Waals surface area contributed by atoms with Crippen LogP contribution in [-0.4, -0.2) is 34.0 Å². The number of hydrogen-bond acceptors (Lipinski definition) is 2. The zero-order chi connectivity index (χ0) is 16.1. The van der Waals surface area contributed by atoms with E-state index in [1.807, 2.05) is 60.3 Å². The monoisotopic (exact) mass is 305 g/mol. The molecular weight excluding hydrogens is 286 g/mol. The highest BCUT2D eigenvalue weighted by Crippen LogP contribution is 2.12. The van der Waals surface area contributed by atoms with Gasteiger partial charge in [-0.1, -0.05) is 36.4 Å². The Balaban J connectivity index is 1.69. The average Bonchev–Trinajstić information content (AvgIpc) is 3.15. The molecule has 0 radical (unpaired) electrons. The fourth-order valence-electron chi connectivity index (χ4n) is 2.47. The van der Waals surface area contributed by atoms with Crippen molar-refractivity contribution < 1.29 is 4.79 Å². The molecule has 1 heterocycles. The number of benzene rings is 2. The maximum absolute atomic E-state index is 12.6. The van der Waals surface area contributed by atoms with E-state index in [0.29, 0.717) is 12.1 Å². The molecule has 0 saturated heterocycles. The summed E-state index contributed by atoms with van der Waals surface area (Å²) in [6, 6.07) is 17.8. The van der Waals surface area contributed by atoms with Gasteiger partial charge in [-0.05, 0) is 30.2 Å². The number of imidazole rings is 1. The molecule has 1 aromatic heterocycles. The molecule has 0 saturated carbocycles. The van der Waals surface area contributed by atoms with E-state index in [0.717, 1.165) is 12.1 Å². The molecule has 0 aliphatic rings. The Hall–Kier alpha value is -2.88. The van der Waals surface area contributed by atoms with Crippen molar-refractivity contribution in [1.82, 2.24) is 14.5 Å². The Morgan fingerprint density at radius 1 is 1.13 bits per heavy atom. The molecule has 23 heavy (non-hydrogen) atoms. The fraction of sp³-hybridized carbons (Fsp3) is 0.158. The molecule has 3 aromatic rings. The minimum absolute atomic E-state index is 0.0305. The van der Waals surface area contributed by atoms with Crippen molar-refractivity contribution in [3.8, 4) is 5.69 Å². The van der Waals surface area contributed by atoms with Crippen molar-refractivity contribution in [2.45, 2.75) is 6.42 Å². The summed E-state index contributed by atoms with van der Waals surface area (Å²) >= 11 is 0. The first kappa shape index (κ1) is 15.0. The standard InChI is InChI=1S/C19H19N3O/c1-21(12-10-16-6-3-2-4-7-16)19(23)17-8-5-9-18(14-17)22-13-11-20-15-22/h2-9,11,13-15H,10,12H2,1H3. The average molecular weight is 305 g/mol. The van der Waals surface area contributed by atoms with Gasteiger partial charge in [-0.3, -0.25) is 4.79 Å². The molecule has 0 unspecified atom stereocenters. The van der Waals surface area contributed by atoms with Crippen LogP contribution < -0.4 is 0 Å². The molecule has 0 fully saturated rings. The van der Waals surface area contributed by atoms with Gasteiger partial charge >= 0.3 is 0 Å². The first-order chi connectivity index (χ1) is 11.2. The molecule has 3 rings (SSSR count). The summed E-state index contributed by atoms with van der Waals surface area (Å²) in [5.41, 5.74) is 2.86. The predicted molar refractivity (Wildman–Crippen MR) is 90.7 cm³/mol. The number of aromatic nitrogens is 2. The minimum atomic E-state index is 0.0305. The van der Waals surface area contributed by atoms with Crippen molar-refractivity contribution in [3.05, 3.63) is 84.4 Å². The molecule has 0 N–H and O–H groups in total. The molecule has 0 atom stereocenters. The largest absolute Gasteiger partial charge is 0.341 e. The van der Waals surface area contributed by atoms with Gasteiger partial charge in [0.1, 0.15) is 0 Å². The summed E-state index contributed by atoms with van der Waals surface area (Å²) in [5, 5.41) is 0. The van der Waals surface area contributed by atoms with Crippen LogP contribution in [0.4, 0.5) is 0 Å². The second kappa shape index (κ2) is 6.92. The lowest BCUT2D eigenvalue weighted by Crippen LogP contribution is -2.28. The van der Waals surface area contributed by atoms with Crippen LogP contribution in [0.25, 0.3) is 5.69 Å². The van der Waals surface area contributed by atoms with E-state index in [9.17, 15) is 4.79 Å². The number of amides is 1. The van der Waals surface area contributed by atoms with Crippen LogP contribution >= 0.6 is 0 Å². The Bertz CT molecular complexity index is 766. The number of carbonyl (C=O) groups is 1.